The fraction of sp³-hybridized carbons (Fsp3) is 0.526. The Balaban J connectivity index is 0.00000225. The number of nitrogens with zero attached hydrogens (tertiary/aromatic N) is 1. The van der Waals surface area contributed by atoms with E-state index in [0.29, 0.717) is 5.56 Å². The number of amides is 2. The van der Waals surface area contributed by atoms with Gasteiger partial charge in [0.05, 0.1) is 12.0 Å². The van der Waals surface area contributed by atoms with Gasteiger partial charge in [0.15, 0.2) is 0 Å². The standard InChI is InChI=1S/C19H23N3O4S.Na/c20-12(11-7-3-1-4-8-11)15(23)21-13-16(24)22-14(18(25)26)19(27-17(13)22)9-5-2-6-10-19;/h1,3-4,7-8,12-14,17H,2,5-6,9-10,20H2,(H,21,23)(H,25,26);/q;+1/p-1/t12?,13?,14?,17-;/m0./s1. The summed E-state index contributed by atoms with van der Waals surface area (Å²) in [5, 5.41) is 14.2. The molecule has 1 aromatic carbocycles. The van der Waals surface area contributed by atoms with Gasteiger partial charge in [-0.2, -0.15) is 0 Å². The van der Waals surface area contributed by atoms with Crippen LogP contribution in [0.3, 0.4) is 0 Å². The quantitative estimate of drug-likeness (QED) is 0.401. The minimum atomic E-state index is -1.20. The van der Waals surface area contributed by atoms with Gasteiger partial charge in [0.2, 0.25) is 11.8 Å². The van der Waals surface area contributed by atoms with E-state index in [1.807, 2.05) is 6.07 Å². The van der Waals surface area contributed by atoms with Gasteiger partial charge in [-0.05, 0) is 18.4 Å². The summed E-state index contributed by atoms with van der Waals surface area (Å²) < 4.78 is -0.502. The smallest absolute Gasteiger partial charge is 0.548 e. The Morgan fingerprint density at radius 3 is 2.46 bits per heavy atom. The van der Waals surface area contributed by atoms with Crippen molar-refractivity contribution in [2.24, 2.45) is 5.73 Å². The molecule has 1 saturated carbocycles. The number of thioether (sulfide) groups is 1. The maximum Gasteiger partial charge on any atom is 1.00 e. The fourth-order valence-electron chi connectivity index (χ4n) is 4.50. The van der Waals surface area contributed by atoms with Gasteiger partial charge < -0.3 is 25.9 Å². The Bertz CT molecular complexity index is 772. The molecule has 7 nitrogen and oxygen atoms in total. The Hall–Kier alpha value is -1.06. The zero-order valence-corrected chi connectivity index (χ0v) is 18.6. The van der Waals surface area contributed by atoms with Crippen molar-refractivity contribution in [3.8, 4) is 0 Å². The van der Waals surface area contributed by atoms with Crippen LogP contribution in [-0.4, -0.2) is 44.9 Å². The molecule has 3 fully saturated rings. The third-order valence-corrected chi connectivity index (χ3v) is 7.72. The molecule has 2 heterocycles. The second-order valence-corrected chi connectivity index (χ2v) is 9.01. The average Bonchev–Trinajstić information content (AvgIpc) is 2.97. The first-order chi connectivity index (χ1) is 12.9. The Morgan fingerprint density at radius 2 is 1.86 bits per heavy atom. The number of hydrogen-bond acceptors (Lipinski definition) is 6. The molecule has 2 aliphatic heterocycles. The van der Waals surface area contributed by atoms with E-state index >= 15 is 0 Å². The van der Waals surface area contributed by atoms with E-state index in [9.17, 15) is 19.5 Å². The molecule has 2 amide bonds. The van der Waals surface area contributed by atoms with Crippen LogP contribution in [-0.2, 0) is 14.4 Å². The molecular formula is C19H22N3NaO4S. The zero-order valence-electron chi connectivity index (χ0n) is 15.8. The summed E-state index contributed by atoms with van der Waals surface area (Å²) in [4.78, 5) is 38.4. The molecule has 0 aromatic heterocycles. The molecule has 3 unspecified atom stereocenters. The summed E-state index contributed by atoms with van der Waals surface area (Å²) >= 11 is 1.51. The minimum Gasteiger partial charge on any atom is -0.548 e. The number of β-lactam (4-membered cyclic amide) rings is 1. The van der Waals surface area contributed by atoms with Crippen LogP contribution < -0.4 is 45.7 Å². The zero-order chi connectivity index (χ0) is 19.2. The summed E-state index contributed by atoms with van der Waals surface area (Å²) in [6, 6.07) is 6.40. The average molecular weight is 411 g/mol. The summed E-state index contributed by atoms with van der Waals surface area (Å²) in [5.74, 6) is -2.00. The van der Waals surface area contributed by atoms with Crippen molar-refractivity contribution in [1.82, 2.24) is 10.2 Å². The van der Waals surface area contributed by atoms with Gasteiger partial charge in [-0.15, -0.1) is 11.8 Å². The first-order valence-corrected chi connectivity index (χ1v) is 10.1. The van der Waals surface area contributed by atoms with Gasteiger partial charge in [0, 0.05) is 4.75 Å². The van der Waals surface area contributed by atoms with E-state index in [4.69, 9.17) is 5.73 Å². The van der Waals surface area contributed by atoms with E-state index < -0.39 is 34.7 Å². The Labute approximate surface area is 190 Å². The molecular weight excluding hydrogens is 389 g/mol. The molecule has 9 heteroatoms. The molecule has 1 aromatic rings. The largest absolute Gasteiger partial charge is 1.00 e. The van der Waals surface area contributed by atoms with Crippen molar-refractivity contribution in [3.05, 3.63) is 35.9 Å². The van der Waals surface area contributed by atoms with E-state index in [-0.39, 0.29) is 40.8 Å². The summed E-state index contributed by atoms with van der Waals surface area (Å²) in [6.07, 6.45) is 4.47. The van der Waals surface area contributed by atoms with Gasteiger partial charge in [-0.25, -0.2) is 0 Å². The molecule has 1 aliphatic carbocycles. The number of benzene rings is 1. The molecule has 28 heavy (non-hydrogen) atoms. The predicted octanol–water partition coefficient (Wildman–Crippen LogP) is -3.09. The summed E-state index contributed by atoms with van der Waals surface area (Å²) in [5.41, 5.74) is 6.67. The number of aliphatic carboxylic acids is 1. The normalized spacial score (nSPS) is 28.7. The molecule has 3 aliphatic rings. The number of carbonyl (C=O) groups is 3. The first kappa shape index (κ1) is 21.6. The van der Waals surface area contributed by atoms with Crippen molar-refractivity contribution in [3.63, 3.8) is 0 Å². The van der Waals surface area contributed by atoms with Crippen molar-refractivity contribution >= 4 is 29.5 Å². The monoisotopic (exact) mass is 411 g/mol. The van der Waals surface area contributed by atoms with Crippen molar-refractivity contribution in [2.45, 2.75) is 60.4 Å². The summed E-state index contributed by atoms with van der Waals surface area (Å²) in [7, 11) is 0. The van der Waals surface area contributed by atoms with Gasteiger partial charge in [0.1, 0.15) is 17.5 Å². The number of rotatable bonds is 4. The van der Waals surface area contributed by atoms with Crippen LogP contribution in [0.4, 0.5) is 0 Å². The van der Waals surface area contributed by atoms with E-state index in [0.717, 1.165) is 32.1 Å². The van der Waals surface area contributed by atoms with Gasteiger partial charge in [-0.3, -0.25) is 9.59 Å². The van der Waals surface area contributed by atoms with Crippen molar-refractivity contribution < 1.29 is 49.0 Å². The topological polar surface area (TPSA) is 116 Å². The molecule has 0 bridgehead atoms. The Kier molecular flexibility index (Phi) is 6.46. The number of hydrogen-bond donors (Lipinski definition) is 2. The number of nitrogens with one attached hydrogen (secondary N) is 1. The van der Waals surface area contributed by atoms with E-state index in [1.165, 1.54) is 16.7 Å². The van der Waals surface area contributed by atoms with Crippen LogP contribution in [0.25, 0.3) is 0 Å². The molecule has 2 saturated heterocycles. The maximum absolute atomic E-state index is 12.6. The van der Waals surface area contributed by atoms with E-state index in [1.54, 1.807) is 24.3 Å². The van der Waals surface area contributed by atoms with Crippen LogP contribution in [0.5, 0.6) is 0 Å². The minimum absolute atomic E-state index is 0. The number of carboxylic acid groups (broad SMARTS) is 1. The maximum atomic E-state index is 12.6. The van der Waals surface area contributed by atoms with Crippen molar-refractivity contribution in [2.75, 3.05) is 0 Å². The second kappa shape index (κ2) is 8.36. The number of fused-ring (bicyclic) bond motifs is 1. The molecule has 0 radical (unpaired) electrons. The molecule has 3 N–H and O–H groups in total. The molecule has 1 spiro atoms. The van der Waals surface area contributed by atoms with Crippen LogP contribution >= 0.6 is 11.8 Å². The van der Waals surface area contributed by atoms with Crippen molar-refractivity contribution in [1.29, 1.82) is 0 Å². The van der Waals surface area contributed by atoms with Crippen LogP contribution in [0, 0.1) is 0 Å². The van der Waals surface area contributed by atoms with Gasteiger partial charge in [0.25, 0.3) is 0 Å². The van der Waals surface area contributed by atoms with Crippen LogP contribution in [0.15, 0.2) is 30.3 Å². The predicted molar refractivity (Wildman–Crippen MR) is 98.1 cm³/mol. The molecule has 4 atom stereocenters. The Morgan fingerprint density at radius 1 is 1.21 bits per heavy atom. The number of carbonyl (C=O) groups excluding carboxylic acids is 3. The van der Waals surface area contributed by atoms with Crippen LogP contribution in [0.1, 0.15) is 43.7 Å². The van der Waals surface area contributed by atoms with Gasteiger partial charge in [-0.1, -0.05) is 49.6 Å². The second-order valence-electron chi connectivity index (χ2n) is 7.48. The van der Waals surface area contributed by atoms with E-state index in [2.05, 4.69) is 5.32 Å². The van der Waals surface area contributed by atoms with Crippen LogP contribution in [0.2, 0.25) is 0 Å². The molecule has 144 valence electrons. The van der Waals surface area contributed by atoms with Gasteiger partial charge >= 0.3 is 29.6 Å². The number of nitrogens with two attached hydrogens (primary N) is 1. The molecule has 4 rings (SSSR count). The third-order valence-electron chi connectivity index (χ3n) is 5.87. The fourth-order valence-corrected chi connectivity index (χ4v) is 6.51. The third kappa shape index (κ3) is 3.50. The SMILES string of the molecule is NC(C(=O)NC1C(=O)N2C(C(=O)[O-])C3(CCCCC3)S[C@@H]12)c1ccccc1.[Na+]. The number of carboxylic acids is 1. The summed E-state index contributed by atoms with van der Waals surface area (Å²) in [6.45, 7) is 0. The first-order valence-electron chi connectivity index (χ1n) is 9.26.